The Labute approximate surface area is 156 Å². The topological polar surface area (TPSA) is 99.3 Å². The van der Waals surface area contributed by atoms with Gasteiger partial charge in [-0.15, -0.1) is 0 Å². The zero-order valence-electron chi connectivity index (χ0n) is 14.8. The Morgan fingerprint density at radius 1 is 1.22 bits per heavy atom. The summed E-state index contributed by atoms with van der Waals surface area (Å²) in [5, 5.41) is 22.6. The second kappa shape index (κ2) is 7.13. The second-order valence-corrected chi connectivity index (χ2v) is 6.48. The van der Waals surface area contributed by atoms with Gasteiger partial charge >= 0.3 is 0 Å². The lowest BCUT2D eigenvalue weighted by atomic mass is 9.95. The number of phenolic OH excluding ortho intramolecular Hbond substituents is 1. The van der Waals surface area contributed by atoms with Crippen molar-refractivity contribution in [3.63, 3.8) is 0 Å². The summed E-state index contributed by atoms with van der Waals surface area (Å²) in [6.45, 7) is 0.588. The van der Waals surface area contributed by atoms with Crippen LogP contribution in [0.15, 0.2) is 48.8 Å². The molecular formula is C20H20N4O3. The molecule has 0 saturated carbocycles. The lowest BCUT2D eigenvalue weighted by Gasteiger charge is -2.25. The fourth-order valence-electron chi connectivity index (χ4n) is 3.29. The molecule has 2 aromatic carbocycles. The Bertz CT molecular complexity index is 969. The number of rotatable bonds is 4. The Hall–Kier alpha value is -3.32. The van der Waals surface area contributed by atoms with E-state index in [9.17, 15) is 9.90 Å². The van der Waals surface area contributed by atoms with Crippen molar-refractivity contribution in [2.24, 2.45) is 0 Å². The number of aromatic amines is 1. The average molecular weight is 364 g/mol. The third kappa shape index (κ3) is 3.50. The van der Waals surface area contributed by atoms with Gasteiger partial charge in [0.25, 0.3) is 0 Å². The second-order valence-electron chi connectivity index (χ2n) is 6.48. The third-order valence-corrected chi connectivity index (χ3v) is 4.76. The van der Waals surface area contributed by atoms with Gasteiger partial charge in [0.15, 0.2) is 0 Å². The summed E-state index contributed by atoms with van der Waals surface area (Å²) in [5.74, 6) is 0.653. The van der Waals surface area contributed by atoms with Gasteiger partial charge in [-0.1, -0.05) is 12.1 Å². The van der Waals surface area contributed by atoms with E-state index in [1.54, 1.807) is 31.6 Å². The number of ether oxygens (including phenoxy) is 1. The SMILES string of the molecule is COc1cc(-c2cn[nH]c2)ccc1NC(=O)C1Cc2cc(O)ccc2CN1. The molecule has 0 radical (unpaired) electrons. The Morgan fingerprint density at radius 2 is 2.11 bits per heavy atom. The molecule has 4 N–H and O–H groups in total. The Kier molecular flexibility index (Phi) is 4.52. The summed E-state index contributed by atoms with van der Waals surface area (Å²) >= 11 is 0. The summed E-state index contributed by atoms with van der Waals surface area (Å²) in [4.78, 5) is 12.7. The molecule has 7 heteroatoms. The maximum absolute atomic E-state index is 12.7. The van der Waals surface area contributed by atoms with Crippen molar-refractivity contribution in [1.82, 2.24) is 15.5 Å². The molecule has 2 heterocycles. The van der Waals surface area contributed by atoms with Crippen molar-refractivity contribution < 1.29 is 14.6 Å². The molecule has 138 valence electrons. The predicted molar refractivity (Wildman–Crippen MR) is 102 cm³/mol. The van der Waals surface area contributed by atoms with Gasteiger partial charge in [0, 0.05) is 18.3 Å². The number of carbonyl (C=O) groups is 1. The van der Waals surface area contributed by atoms with Crippen LogP contribution in [-0.2, 0) is 17.8 Å². The molecule has 0 spiro atoms. The maximum atomic E-state index is 12.7. The number of aromatic nitrogens is 2. The number of methoxy groups -OCH3 is 1. The minimum atomic E-state index is -0.377. The van der Waals surface area contributed by atoms with Crippen LogP contribution in [0.1, 0.15) is 11.1 Å². The first kappa shape index (κ1) is 17.1. The van der Waals surface area contributed by atoms with Crippen molar-refractivity contribution in [1.29, 1.82) is 0 Å². The van der Waals surface area contributed by atoms with Gasteiger partial charge in [-0.05, 0) is 47.4 Å². The van der Waals surface area contributed by atoms with Gasteiger partial charge in [0.1, 0.15) is 11.5 Å². The first-order valence-corrected chi connectivity index (χ1v) is 8.66. The number of hydrogen-bond acceptors (Lipinski definition) is 5. The molecule has 1 aromatic heterocycles. The number of benzene rings is 2. The largest absolute Gasteiger partial charge is 0.508 e. The number of carbonyl (C=O) groups excluding carboxylic acids is 1. The molecule has 0 fully saturated rings. The van der Waals surface area contributed by atoms with Crippen LogP contribution in [0.25, 0.3) is 11.1 Å². The van der Waals surface area contributed by atoms with Crippen LogP contribution in [-0.4, -0.2) is 34.4 Å². The van der Waals surface area contributed by atoms with E-state index in [1.807, 2.05) is 24.3 Å². The summed E-state index contributed by atoms with van der Waals surface area (Å²) in [6, 6.07) is 10.5. The lowest BCUT2D eigenvalue weighted by Crippen LogP contribution is -2.44. The van der Waals surface area contributed by atoms with E-state index in [0.717, 1.165) is 22.3 Å². The molecule has 1 atom stereocenters. The first-order chi connectivity index (χ1) is 13.1. The van der Waals surface area contributed by atoms with E-state index in [0.29, 0.717) is 24.4 Å². The molecule has 27 heavy (non-hydrogen) atoms. The first-order valence-electron chi connectivity index (χ1n) is 8.66. The maximum Gasteiger partial charge on any atom is 0.241 e. The number of fused-ring (bicyclic) bond motifs is 1. The summed E-state index contributed by atoms with van der Waals surface area (Å²) < 4.78 is 5.45. The summed E-state index contributed by atoms with van der Waals surface area (Å²) in [6.07, 6.45) is 4.04. The molecule has 1 aliphatic heterocycles. The minimum Gasteiger partial charge on any atom is -0.508 e. The molecule has 3 aromatic rings. The smallest absolute Gasteiger partial charge is 0.241 e. The fraction of sp³-hybridized carbons (Fsp3) is 0.200. The van der Waals surface area contributed by atoms with Crippen LogP contribution in [0.2, 0.25) is 0 Å². The number of aromatic hydroxyl groups is 1. The van der Waals surface area contributed by atoms with E-state index >= 15 is 0 Å². The van der Waals surface area contributed by atoms with Crippen LogP contribution in [0.5, 0.6) is 11.5 Å². The highest BCUT2D eigenvalue weighted by molar-refractivity contribution is 5.96. The molecule has 0 saturated heterocycles. The molecular weight excluding hydrogens is 344 g/mol. The van der Waals surface area contributed by atoms with Crippen LogP contribution < -0.4 is 15.4 Å². The van der Waals surface area contributed by atoms with Crippen LogP contribution >= 0.6 is 0 Å². The number of H-pyrrole nitrogens is 1. The number of hydrogen-bond donors (Lipinski definition) is 4. The van der Waals surface area contributed by atoms with E-state index < -0.39 is 0 Å². The number of nitrogens with zero attached hydrogens (tertiary/aromatic N) is 1. The standard InChI is InChI=1S/C20H20N4O3/c1-27-19-8-12(15-10-22-23-11-15)3-5-17(19)24-20(26)18-7-14-6-16(25)4-2-13(14)9-21-18/h2-6,8,10-11,18,21,25H,7,9H2,1H3,(H,22,23)(H,24,26). The third-order valence-electron chi connectivity index (χ3n) is 4.76. The van der Waals surface area contributed by atoms with Gasteiger partial charge in [-0.2, -0.15) is 5.10 Å². The monoisotopic (exact) mass is 364 g/mol. The highest BCUT2D eigenvalue weighted by Crippen LogP contribution is 2.31. The Balaban J connectivity index is 1.51. The van der Waals surface area contributed by atoms with Gasteiger partial charge < -0.3 is 20.5 Å². The van der Waals surface area contributed by atoms with E-state index in [1.165, 1.54) is 0 Å². The highest BCUT2D eigenvalue weighted by Gasteiger charge is 2.25. The van der Waals surface area contributed by atoms with Crippen molar-refractivity contribution >= 4 is 11.6 Å². The summed E-state index contributed by atoms with van der Waals surface area (Å²) in [5.41, 5.74) is 4.57. The van der Waals surface area contributed by atoms with E-state index in [4.69, 9.17) is 4.74 Å². The molecule has 1 amide bonds. The number of phenols is 1. The fourth-order valence-corrected chi connectivity index (χ4v) is 3.29. The van der Waals surface area contributed by atoms with E-state index in [-0.39, 0.29) is 17.7 Å². The number of anilines is 1. The van der Waals surface area contributed by atoms with Crippen molar-refractivity contribution in [3.8, 4) is 22.6 Å². The molecule has 4 rings (SSSR count). The van der Waals surface area contributed by atoms with Gasteiger partial charge in [-0.3, -0.25) is 9.89 Å². The van der Waals surface area contributed by atoms with Crippen LogP contribution in [0.4, 0.5) is 5.69 Å². The van der Waals surface area contributed by atoms with Gasteiger partial charge in [0.2, 0.25) is 5.91 Å². The van der Waals surface area contributed by atoms with Crippen LogP contribution in [0.3, 0.4) is 0 Å². The zero-order chi connectivity index (χ0) is 18.8. The molecule has 1 unspecified atom stereocenters. The van der Waals surface area contributed by atoms with Crippen molar-refractivity contribution in [3.05, 3.63) is 59.9 Å². The van der Waals surface area contributed by atoms with Crippen molar-refractivity contribution in [2.75, 3.05) is 12.4 Å². The normalized spacial score (nSPS) is 15.8. The number of amides is 1. The molecule has 7 nitrogen and oxygen atoms in total. The lowest BCUT2D eigenvalue weighted by molar-refractivity contribution is -0.118. The number of nitrogens with one attached hydrogen (secondary N) is 3. The molecule has 1 aliphatic rings. The summed E-state index contributed by atoms with van der Waals surface area (Å²) in [7, 11) is 1.57. The molecule has 0 bridgehead atoms. The van der Waals surface area contributed by atoms with E-state index in [2.05, 4.69) is 20.8 Å². The highest BCUT2D eigenvalue weighted by atomic mass is 16.5. The van der Waals surface area contributed by atoms with Crippen molar-refractivity contribution in [2.45, 2.75) is 19.0 Å². The average Bonchev–Trinajstić information content (AvgIpc) is 3.22. The van der Waals surface area contributed by atoms with Gasteiger partial charge in [-0.25, -0.2) is 0 Å². The zero-order valence-corrected chi connectivity index (χ0v) is 14.8. The Morgan fingerprint density at radius 3 is 2.89 bits per heavy atom. The van der Waals surface area contributed by atoms with Crippen LogP contribution in [0, 0.1) is 0 Å². The quantitative estimate of drug-likeness (QED) is 0.570. The minimum absolute atomic E-state index is 0.140. The predicted octanol–water partition coefficient (Wildman–Crippen LogP) is 2.44. The van der Waals surface area contributed by atoms with Gasteiger partial charge in [0.05, 0.1) is 25.0 Å². The molecule has 0 aliphatic carbocycles.